The lowest BCUT2D eigenvalue weighted by molar-refractivity contribution is 0.415. The minimum absolute atomic E-state index is 0.562. The molecule has 2 aromatic heterocycles. The monoisotopic (exact) mass is 594 g/mol. The van der Waals surface area contributed by atoms with Crippen LogP contribution >= 0.6 is 0 Å². The van der Waals surface area contributed by atoms with E-state index < -0.39 is 0 Å². The highest BCUT2D eigenvalue weighted by atomic mass is 16.5. The van der Waals surface area contributed by atoms with Crippen LogP contribution in [0.4, 0.5) is 0 Å². The van der Waals surface area contributed by atoms with E-state index in [0.717, 1.165) is 77.6 Å². The van der Waals surface area contributed by atoms with E-state index in [4.69, 9.17) is 9.47 Å². The Kier molecular flexibility index (Phi) is 6.23. The molecular formula is C40H26N4O2. The summed E-state index contributed by atoms with van der Waals surface area (Å²) in [5.74, 6) is 1.55. The third-order valence-corrected chi connectivity index (χ3v) is 8.81. The summed E-state index contributed by atoms with van der Waals surface area (Å²) in [5, 5.41) is 24.8. The Morgan fingerprint density at radius 1 is 0.457 bits per heavy atom. The Bertz CT molecular complexity index is 2410. The third kappa shape index (κ3) is 4.02. The standard InChI is InChI=1S/C40H26N4O2/c1-45-29-15-17-37-33(21-29)31-7-3-5-9-35(31)43(37)39-19-25(11-13-27(39)23-41)26-12-14-28(24-42)40(20-26)44-36-10-6-4-8-32(36)34-22-30(46-2)16-18-38(34)44/h3-22H,1-2H3. The summed E-state index contributed by atoms with van der Waals surface area (Å²) in [6, 6.07) is 45.1. The number of fused-ring (bicyclic) bond motifs is 6. The van der Waals surface area contributed by atoms with Crippen LogP contribution in [0.15, 0.2) is 121 Å². The van der Waals surface area contributed by atoms with Crippen molar-refractivity contribution in [2.45, 2.75) is 0 Å². The van der Waals surface area contributed by atoms with Crippen molar-refractivity contribution in [2.24, 2.45) is 0 Å². The number of benzene rings is 6. The molecule has 0 saturated carbocycles. The third-order valence-electron chi connectivity index (χ3n) is 8.81. The second kappa shape index (κ2) is 10.6. The zero-order valence-electron chi connectivity index (χ0n) is 25.2. The SMILES string of the molecule is COc1ccc2c(c1)c1ccccc1n2-c1cc(-c2ccc(C#N)c(-n3c4ccccc4c4cc(OC)ccc43)c2)ccc1C#N. The van der Waals surface area contributed by atoms with Gasteiger partial charge in [-0.15, -0.1) is 0 Å². The lowest BCUT2D eigenvalue weighted by Crippen LogP contribution is -2.00. The number of rotatable bonds is 5. The van der Waals surface area contributed by atoms with Gasteiger partial charge in [0.2, 0.25) is 0 Å². The molecule has 0 saturated heterocycles. The highest BCUT2D eigenvalue weighted by Gasteiger charge is 2.19. The van der Waals surface area contributed by atoms with Gasteiger partial charge in [0.15, 0.2) is 0 Å². The Labute approximate surface area is 265 Å². The van der Waals surface area contributed by atoms with E-state index in [9.17, 15) is 10.5 Å². The lowest BCUT2D eigenvalue weighted by atomic mass is 9.99. The number of methoxy groups -OCH3 is 2. The van der Waals surface area contributed by atoms with Crippen LogP contribution in [-0.2, 0) is 0 Å². The van der Waals surface area contributed by atoms with Gasteiger partial charge in [-0.1, -0.05) is 48.5 Å². The first-order chi connectivity index (χ1) is 22.6. The predicted molar refractivity (Wildman–Crippen MR) is 183 cm³/mol. The topological polar surface area (TPSA) is 75.9 Å². The van der Waals surface area contributed by atoms with Crippen LogP contribution in [0, 0.1) is 22.7 Å². The Hall–Kier alpha value is -6.50. The largest absolute Gasteiger partial charge is 0.497 e. The van der Waals surface area contributed by atoms with Crippen molar-refractivity contribution >= 4 is 43.6 Å². The molecule has 0 spiro atoms. The first kappa shape index (κ1) is 27.1. The minimum Gasteiger partial charge on any atom is -0.497 e. The quantitative estimate of drug-likeness (QED) is 0.199. The van der Waals surface area contributed by atoms with Gasteiger partial charge in [-0.05, 0) is 83.9 Å². The second-order valence-electron chi connectivity index (χ2n) is 11.2. The van der Waals surface area contributed by atoms with Gasteiger partial charge < -0.3 is 18.6 Å². The average molecular weight is 595 g/mol. The highest BCUT2D eigenvalue weighted by Crippen LogP contribution is 2.39. The number of nitriles is 2. The molecule has 0 aliphatic heterocycles. The molecule has 0 atom stereocenters. The molecule has 0 bridgehead atoms. The van der Waals surface area contributed by atoms with Crippen LogP contribution in [0.3, 0.4) is 0 Å². The fourth-order valence-electron chi connectivity index (χ4n) is 6.66. The first-order valence-corrected chi connectivity index (χ1v) is 14.9. The summed E-state index contributed by atoms with van der Waals surface area (Å²) in [6.07, 6.45) is 0. The zero-order chi connectivity index (χ0) is 31.4. The number of hydrogen-bond acceptors (Lipinski definition) is 4. The van der Waals surface area contributed by atoms with Crippen LogP contribution in [-0.4, -0.2) is 23.4 Å². The highest BCUT2D eigenvalue weighted by molar-refractivity contribution is 6.11. The normalized spacial score (nSPS) is 11.2. The van der Waals surface area contributed by atoms with Crippen LogP contribution in [0.1, 0.15) is 11.1 Å². The fourth-order valence-corrected chi connectivity index (χ4v) is 6.66. The van der Waals surface area contributed by atoms with Crippen LogP contribution in [0.2, 0.25) is 0 Å². The zero-order valence-corrected chi connectivity index (χ0v) is 25.2. The molecule has 0 N–H and O–H groups in total. The molecule has 46 heavy (non-hydrogen) atoms. The summed E-state index contributed by atoms with van der Waals surface area (Å²) in [7, 11) is 3.33. The number of hydrogen-bond donors (Lipinski definition) is 0. The van der Waals surface area contributed by atoms with Gasteiger partial charge in [-0.2, -0.15) is 10.5 Å². The smallest absolute Gasteiger partial charge is 0.119 e. The molecule has 2 heterocycles. The molecule has 6 aromatic carbocycles. The van der Waals surface area contributed by atoms with Crippen molar-refractivity contribution in [1.82, 2.24) is 9.13 Å². The van der Waals surface area contributed by atoms with Gasteiger partial charge in [0, 0.05) is 21.5 Å². The van der Waals surface area contributed by atoms with E-state index in [0.29, 0.717) is 11.1 Å². The summed E-state index contributed by atoms with van der Waals surface area (Å²) >= 11 is 0. The van der Waals surface area contributed by atoms with Crippen molar-refractivity contribution in [3.63, 3.8) is 0 Å². The van der Waals surface area contributed by atoms with Crippen molar-refractivity contribution in [2.75, 3.05) is 14.2 Å². The van der Waals surface area contributed by atoms with E-state index in [-0.39, 0.29) is 0 Å². The van der Waals surface area contributed by atoms with Gasteiger partial charge in [-0.25, -0.2) is 0 Å². The average Bonchev–Trinajstić information content (AvgIpc) is 3.63. The molecule has 0 amide bonds. The number of para-hydroxylation sites is 2. The molecule has 8 rings (SSSR count). The summed E-state index contributed by atoms with van der Waals surface area (Å²) in [6.45, 7) is 0. The van der Waals surface area contributed by atoms with Gasteiger partial charge in [0.05, 0.1) is 58.8 Å². The molecule has 6 heteroatoms. The molecule has 8 aromatic rings. The fraction of sp³-hybridized carbons (Fsp3) is 0.0500. The summed E-state index contributed by atoms with van der Waals surface area (Å²) in [5.41, 5.74) is 8.52. The number of nitrogens with zero attached hydrogens (tertiary/aromatic N) is 4. The second-order valence-corrected chi connectivity index (χ2v) is 11.2. The Morgan fingerprint density at radius 2 is 0.870 bits per heavy atom. The van der Waals surface area contributed by atoms with E-state index in [2.05, 4.69) is 57.7 Å². The molecule has 0 aliphatic carbocycles. The van der Waals surface area contributed by atoms with Crippen molar-refractivity contribution in [3.8, 4) is 46.1 Å². The van der Waals surface area contributed by atoms with Crippen molar-refractivity contribution in [3.05, 3.63) is 132 Å². The molecule has 0 radical (unpaired) electrons. The van der Waals surface area contributed by atoms with Crippen LogP contribution in [0.5, 0.6) is 11.5 Å². The van der Waals surface area contributed by atoms with Crippen molar-refractivity contribution in [1.29, 1.82) is 10.5 Å². The van der Waals surface area contributed by atoms with Gasteiger partial charge in [0.25, 0.3) is 0 Å². The van der Waals surface area contributed by atoms with E-state index in [1.807, 2.05) is 84.9 Å². The first-order valence-electron chi connectivity index (χ1n) is 14.9. The Morgan fingerprint density at radius 3 is 1.28 bits per heavy atom. The summed E-state index contributed by atoms with van der Waals surface area (Å²) < 4.78 is 15.4. The molecule has 0 aliphatic rings. The number of aromatic nitrogens is 2. The molecule has 0 unspecified atom stereocenters. The van der Waals surface area contributed by atoms with Gasteiger partial charge in [-0.3, -0.25) is 0 Å². The van der Waals surface area contributed by atoms with E-state index in [1.165, 1.54) is 0 Å². The number of ether oxygens (including phenoxy) is 2. The van der Waals surface area contributed by atoms with Gasteiger partial charge in [0.1, 0.15) is 23.6 Å². The minimum atomic E-state index is 0.562. The van der Waals surface area contributed by atoms with Gasteiger partial charge >= 0.3 is 0 Å². The molecular weight excluding hydrogens is 568 g/mol. The molecule has 6 nitrogen and oxygen atoms in total. The van der Waals surface area contributed by atoms with Crippen LogP contribution < -0.4 is 9.47 Å². The van der Waals surface area contributed by atoms with E-state index in [1.54, 1.807) is 14.2 Å². The predicted octanol–water partition coefficient (Wildman–Crippen LogP) is 9.31. The summed E-state index contributed by atoms with van der Waals surface area (Å²) in [4.78, 5) is 0. The maximum absolute atomic E-state index is 10.2. The lowest BCUT2D eigenvalue weighted by Gasteiger charge is -2.15. The van der Waals surface area contributed by atoms with E-state index >= 15 is 0 Å². The van der Waals surface area contributed by atoms with Crippen molar-refractivity contribution < 1.29 is 9.47 Å². The maximum atomic E-state index is 10.2. The molecule has 218 valence electrons. The molecule has 0 fully saturated rings. The maximum Gasteiger partial charge on any atom is 0.119 e. The Balaban J connectivity index is 1.37. The van der Waals surface area contributed by atoms with Crippen LogP contribution in [0.25, 0.3) is 66.1 Å².